The van der Waals surface area contributed by atoms with Gasteiger partial charge < -0.3 is 4.74 Å². The van der Waals surface area contributed by atoms with Crippen molar-refractivity contribution in [1.29, 1.82) is 0 Å². The number of alkyl halides is 2. The third-order valence-corrected chi connectivity index (χ3v) is 5.27. The molecule has 1 aliphatic rings. The zero-order valence-electron chi connectivity index (χ0n) is 13.1. The summed E-state index contributed by atoms with van der Waals surface area (Å²) in [5.41, 5.74) is -1.04. The molecule has 0 spiro atoms. The number of halogens is 4. The van der Waals surface area contributed by atoms with E-state index < -0.39 is 50.2 Å². The maximum Gasteiger partial charge on any atom is 0.313 e. The number of sulfonamides is 1. The third kappa shape index (κ3) is 3.06. The lowest BCUT2D eigenvalue weighted by atomic mass is 10.1. The fraction of sp³-hybridized carbons (Fsp3) is 0.188. The predicted molar refractivity (Wildman–Crippen MR) is 82.1 cm³/mol. The topological polar surface area (TPSA) is 72.5 Å². The number of Topliss-reactive ketones (excluding diaryl/α,β-unsaturated/α-hetero) is 1. The lowest BCUT2D eigenvalue weighted by molar-refractivity contribution is 0.0165. The van der Waals surface area contributed by atoms with Crippen molar-refractivity contribution in [3.63, 3.8) is 0 Å². The summed E-state index contributed by atoms with van der Waals surface area (Å²) in [5, 5.41) is 0. The molecule has 1 aliphatic carbocycles. The lowest BCUT2D eigenvalue weighted by Crippen LogP contribution is -2.26. The van der Waals surface area contributed by atoms with Crippen molar-refractivity contribution >= 4 is 15.8 Å². The maximum atomic E-state index is 13.9. The van der Waals surface area contributed by atoms with Gasteiger partial charge in [0.1, 0.15) is 23.1 Å². The van der Waals surface area contributed by atoms with Crippen molar-refractivity contribution in [3.05, 3.63) is 53.1 Å². The van der Waals surface area contributed by atoms with Gasteiger partial charge in [-0.05, 0) is 19.2 Å². The molecule has 2 aromatic carbocycles. The number of hydrogen-bond acceptors (Lipinski definition) is 4. The molecular formula is C16H11F4NO4S. The van der Waals surface area contributed by atoms with Gasteiger partial charge in [0.25, 0.3) is 0 Å². The van der Waals surface area contributed by atoms with Crippen molar-refractivity contribution < 1.29 is 35.5 Å². The molecule has 2 aromatic rings. The number of fused-ring (bicyclic) bond motifs is 1. The minimum Gasteiger partial charge on any atom is -0.457 e. The van der Waals surface area contributed by atoms with Crippen LogP contribution in [0.25, 0.3) is 0 Å². The van der Waals surface area contributed by atoms with E-state index in [0.29, 0.717) is 6.07 Å². The number of ether oxygens (including phenoxy) is 1. The number of benzene rings is 2. The Labute approximate surface area is 145 Å². The van der Waals surface area contributed by atoms with Gasteiger partial charge in [0.05, 0.1) is 10.5 Å². The second kappa shape index (κ2) is 6.06. The van der Waals surface area contributed by atoms with E-state index in [2.05, 4.69) is 0 Å². The molecule has 0 heterocycles. The third-order valence-electron chi connectivity index (χ3n) is 3.81. The first kappa shape index (κ1) is 18.3. The molecule has 0 aliphatic heterocycles. The summed E-state index contributed by atoms with van der Waals surface area (Å²) >= 11 is 0. The molecule has 0 radical (unpaired) electrons. The summed E-state index contributed by atoms with van der Waals surface area (Å²) in [4.78, 5) is 11.4. The second-order valence-corrected chi connectivity index (χ2v) is 7.40. The number of carbonyl (C=O) groups excluding carboxylic acids is 1. The summed E-state index contributed by atoms with van der Waals surface area (Å²) < 4.78 is 85.6. The van der Waals surface area contributed by atoms with Crippen molar-refractivity contribution in [2.75, 3.05) is 7.05 Å². The van der Waals surface area contributed by atoms with Gasteiger partial charge >= 0.3 is 5.92 Å². The minimum atomic E-state index is -4.19. The van der Waals surface area contributed by atoms with Crippen LogP contribution < -0.4 is 9.46 Å². The molecule has 0 unspecified atom stereocenters. The molecule has 10 heteroatoms. The first-order valence-electron chi connectivity index (χ1n) is 7.21. The Morgan fingerprint density at radius 2 is 1.73 bits per heavy atom. The van der Waals surface area contributed by atoms with Crippen LogP contribution in [0.1, 0.15) is 15.9 Å². The Morgan fingerprint density at radius 3 is 2.31 bits per heavy atom. The zero-order valence-corrected chi connectivity index (χ0v) is 14.0. The first-order valence-corrected chi connectivity index (χ1v) is 8.69. The summed E-state index contributed by atoms with van der Waals surface area (Å²) in [6.07, 6.45) is -1.08. The van der Waals surface area contributed by atoms with E-state index in [1.807, 2.05) is 4.72 Å². The maximum absolute atomic E-state index is 13.9. The Hall–Kier alpha value is -2.46. The fourth-order valence-electron chi connectivity index (χ4n) is 2.66. The molecule has 0 fully saturated rings. The SMILES string of the molecule is CNS(=O)(=O)c1ccc(Oc2cc(F)cc(F)c2)c2c1C(=O)C(F)(F)C2. The molecule has 0 aromatic heterocycles. The standard InChI is InChI=1S/C16H11F4NO4S/c1-21-26(23,24)13-3-2-12(11-7-16(19,20)15(22)14(11)13)25-10-5-8(17)4-9(18)6-10/h2-6,21H,7H2,1H3. The van der Waals surface area contributed by atoms with Crippen molar-refractivity contribution in [3.8, 4) is 11.5 Å². The predicted octanol–water partition coefficient (Wildman–Crippen LogP) is 3.04. The smallest absolute Gasteiger partial charge is 0.313 e. The van der Waals surface area contributed by atoms with Crippen molar-refractivity contribution in [1.82, 2.24) is 4.72 Å². The molecule has 0 saturated carbocycles. The second-order valence-electron chi connectivity index (χ2n) is 5.54. The number of nitrogens with one attached hydrogen (secondary N) is 1. The highest BCUT2D eigenvalue weighted by atomic mass is 32.2. The molecule has 0 bridgehead atoms. The van der Waals surface area contributed by atoms with Gasteiger partial charge in [-0.15, -0.1) is 0 Å². The van der Waals surface area contributed by atoms with E-state index in [1.165, 1.54) is 0 Å². The average Bonchev–Trinajstić information content (AvgIpc) is 2.77. The van der Waals surface area contributed by atoms with E-state index in [4.69, 9.17) is 4.74 Å². The van der Waals surface area contributed by atoms with Crippen LogP contribution in [0.2, 0.25) is 0 Å². The fourth-order valence-corrected chi connectivity index (χ4v) is 3.61. The van der Waals surface area contributed by atoms with Crippen LogP contribution >= 0.6 is 0 Å². The minimum absolute atomic E-state index is 0.287. The Morgan fingerprint density at radius 1 is 1.12 bits per heavy atom. The molecule has 5 nitrogen and oxygen atoms in total. The van der Waals surface area contributed by atoms with Crippen LogP contribution in [0.3, 0.4) is 0 Å². The van der Waals surface area contributed by atoms with Gasteiger partial charge in [0, 0.05) is 30.2 Å². The van der Waals surface area contributed by atoms with Crippen LogP contribution in [0, 0.1) is 11.6 Å². The van der Waals surface area contributed by atoms with E-state index >= 15 is 0 Å². The van der Waals surface area contributed by atoms with E-state index in [0.717, 1.165) is 31.3 Å². The largest absolute Gasteiger partial charge is 0.457 e. The normalized spacial score (nSPS) is 15.8. The van der Waals surface area contributed by atoms with E-state index in [1.54, 1.807) is 0 Å². The number of hydrogen-bond donors (Lipinski definition) is 1. The van der Waals surface area contributed by atoms with E-state index in [9.17, 15) is 30.8 Å². The van der Waals surface area contributed by atoms with Gasteiger partial charge in [-0.3, -0.25) is 4.79 Å². The molecule has 1 N–H and O–H groups in total. The van der Waals surface area contributed by atoms with Crippen LogP contribution in [0.15, 0.2) is 35.2 Å². The summed E-state index contributed by atoms with van der Waals surface area (Å²) in [7, 11) is -3.12. The highest BCUT2D eigenvalue weighted by molar-refractivity contribution is 7.89. The van der Waals surface area contributed by atoms with Gasteiger partial charge in [0.2, 0.25) is 15.8 Å². The van der Waals surface area contributed by atoms with Gasteiger partial charge in [-0.1, -0.05) is 0 Å². The Bertz CT molecular complexity index is 1000. The molecule has 3 rings (SSSR count). The monoisotopic (exact) mass is 389 g/mol. The van der Waals surface area contributed by atoms with Crippen LogP contribution in [0.5, 0.6) is 11.5 Å². The van der Waals surface area contributed by atoms with Gasteiger partial charge in [-0.25, -0.2) is 21.9 Å². The van der Waals surface area contributed by atoms with Crippen LogP contribution in [-0.4, -0.2) is 27.2 Å². The Kier molecular flexibility index (Phi) is 4.27. The lowest BCUT2D eigenvalue weighted by Gasteiger charge is -2.13. The number of carbonyl (C=O) groups is 1. The quantitative estimate of drug-likeness (QED) is 0.816. The zero-order chi connectivity index (χ0) is 19.3. The molecule has 138 valence electrons. The molecule has 0 saturated heterocycles. The summed E-state index contributed by atoms with van der Waals surface area (Å²) in [6, 6.07) is 4.22. The summed E-state index contributed by atoms with van der Waals surface area (Å²) in [5.74, 6) is -7.98. The van der Waals surface area contributed by atoms with Crippen molar-refractivity contribution in [2.24, 2.45) is 0 Å². The highest BCUT2D eigenvalue weighted by Gasteiger charge is 2.50. The molecule has 26 heavy (non-hydrogen) atoms. The number of ketones is 1. The number of rotatable bonds is 4. The Balaban J connectivity index is 2.17. The van der Waals surface area contributed by atoms with E-state index in [-0.39, 0.29) is 17.1 Å². The summed E-state index contributed by atoms with van der Waals surface area (Å²) in [6.45, 7) is 0. The van der Waals surface area contributed by atoms with Crippen LogP contribution in [0.4, 0.5) is 17.6 Å². The van der Waals surface area contributed by atoms with Gasteiger partial charge in [0.15, 0.2) is 0 Å². The molecule has 0 atom stereocenters. The molecular weight excluding hydrogens is 378 g/mol. The van der Waals surface area contributed by atoms with Crippen LogP contribution in [-0.2, 0) is 16.4 Å². The van der Waals surface area contributed by atoms with Crippen molar-refractivity contribution in [2.45, 2.75) is 17.2 Å². The first-order chi connectivity index (χ1) is 12.0. The van der Waals surface area contributed by atoms with Gasteiger partial charge in [-0.2, -0.15) is 8.78 Å². The average molecular weight is 389 g/mol. The highest BCUT2D eigenvalue weighted by Crippen LogP contribution is 2.43. The molecule has 0 amide bonds.